The van der Waals surface area contributed by atoms with Gasteiger partial charge in [-0.3, -0.25) is 0 Å². The quantitative estimate of drug-likeness (QED) is 0.850. The van der Waals surface area contributed by atoms with E-state index in [1.165, 1.54) is 18.2 Å². The van der Waals surface area contributed by atoms with Crippen LogP contribution in [0.4, 0.5) is 9.18 Å². The molecule has 1 atom stereocenters. The number of carbonyl (C=O) groups is 2. The van der Waals surface area contributed by atoms with Crippen LogP contribution in [0.5, 0.6) is 0 Å². The Morgan fingerprint density at radius 2 is 1.75 bits per heavy atom. The summed E-state index contributed by atoms with van der Waals surface area (Å²) >= 11 is 0. The van der Waals surface area contributed by atoms with Crippen molar-refractivity contribution in [3.05, 3.63) is 71.5 Å². The van der Waals surface area contributed by atoms with Crippen LogP contribution < -0.4 is 5.32 Å². The summed E-state index contributed by atoms with van der Waals surface area (Å²) in [6.45, 7) is 1.54. The number of carbonyl (C=O) groups excluding carboxylic acids is 1. The molecule has 0 spiro atoms. The lowest BCUT2D eigenvalue weighted by molar-refractivity contribution is -0.145. The van der Waals surface area contributed by atoms with Crippen LogP contribution in [0, 0.1) is 5.82 Å². The first kappa shape index (κ1) is 17.5. The molecule has 0 radical (unpaired) electrons. The molecule has 1 unspecified atom stereocenters. The molecule has 0 aromatic heterocycles. The molecule has 0 bridgehead atoms. The fraction of sp³-hybridized carbons (Fsp3) is 0.222. The van der Waals surface area contributed by atoms with Gasteiger partial charge in [0, 0.05) is 5.56 Å². The van der Waals surface area contributed by atoms with Gasteiger partial charge in [-0.15, -0.1) is 0 Å². The van der Waals surface area contributed by atoms with E-state index in [-0.39, 0.29) is 18.6 Å². The molecule has 0 saturated heterocycles. The van der Waals surface area contributed by atoms with Crippen LogP contribution in [0.2, 0.25) is 0 Å². The van der Waals surface area contributed by atoms with Gasteiger partial charge in [0.2, 0.25) is 0 Å². The van der Waals surface area contributed by atoms with Crippen molar-refractivity contribution in [1.29, 1.82) is 0 Å². The van der Waals surface area contributed by atoms with Crippen molar-refractivity contribution in [1.82, 2.24) is 5.32 Å². The van der Waals surface area contributed by atoms with Crippen molar-refractivity contribution in [3.63, 3.8) is 0 Å². The number of amides is 1. The fourth-order valence-electron chi connectivity index (χ4n) is 2.41. The largest absolute Gasteiger partial charge is 0.479 e. The first-order valence-electron chi connectivity index (χ1n) is 7.47. The van der Waals surface area contributed by atoms with Gasteiger partial charge in [-0.25, -0.2) is 14.0 Å². The average molecular weight is 331 g/mol. The van der Waals surface area contributed by atoms with E-state index >= 15 is 0 Å². The second-order valence-corrected chi connectivity index (χ2v) is 5.23. The molecule has 0 aliphatic heterocycles. The van der Waals surface area contributed by atoms with E-state index in [4.69, 9.17) is 4.74 Å². The molecule has 24 heavy (non-hydrogen) atoms. The number of halogens is 1. The van der Waals surface area contributed by atoms with Gasteiger partial charge in [0.05, 0.1) is 0 Å². The van der Waals surface area contributed by atoms with Crippen molar-refractivity contribution >= 4 is 12.1 Å². The molecule has 2 aromatic carbocycles. The Labute approximate surface area is 139 Å². The van der Waals surface area contributed by atoms with E-state index in [0.29, 0.717) is 0 Å². The van der Waals surface area contributed by atoms with Crippen LogP contribution in [0.25, 0.3) is 0 Å². The Morgan fingerprint density at radius 1 is 1.12 bits per heavy atom. The summed E-state index contributed by atoms with van der Waals surface area (Å²) in [5.41, 5.74) is -1.24. The molecule has 126 valence electrons. The zero-order valence-electron chi connectivity index (χ0n) is 13.2. The van der Waals surface area contributed by atoms with Gasteiger partial charge < -0.3 is 15.2 Å². The summed E-state index contributed by atoms with van der Waals surface area (Å²) in [6, 6.07) is 14.4. The smallest absolute Gasteiger partial charge is 0.408 e. The second-order valence-electron chi connectivity index (χ2n) is 5.23. The molecule has 6 heteroatoms. The molecule has 0 fully saturated rings. The lowest BCUT2D eigenvalue weighted by atomic mass is 9.87. The highest BCUT2D eigenvalue weighted by Gasteiger charge is 2.42. The van der Waals surface area contributed by atoms with Gasteiger partial charge in [0.1, 0.15) is 12.4 Å². The molecule has 2 N–H and O–H groups in total. The Bertz CT molecular complexity index is 720. The number of nitrogens with one attached hydrogen (secondary N) is 1. The summed E-state index contributed by atoms with van der Waals surface area (Å²) in [7, 11) is 0. The van der Waals surface area contributed by atoms with Gasteiger partial charge in [-0.1, -0.05) is 55.5 Å². The number of carboxylic acid groups (broad SMARTS) is 1. The summed E-state index contributed by atoms with van der Waals surface area (Å²) in [4.78, 5) is 23.8. The van der Waals surface area contributed by atoms with Crippen LogP contribution in [0.15, 0.2) is 54.6 Å². The lowest BCUT2D eigenvalue weighted by Gasteiger charge is -2.29. The van der Waals surface area contributed by atoms with E-state index in [9.17, 15) is 19.1 Å². The maximum absolute atomic E-state index is 14.1. The van der Waals surface area contributed by atoms with Crippen LogP contribution in [0.1, 0.15) is 24.5 Å². The number of hydrogen-bond acceptors (Lipinski definition) is 3. The minimum Gasteiger partial charge on any atom is -0.479 e. The first-order chi connectivity index (χ1) is 11.5. The highest BCUT2D eigenvalue weighted by Crippen LogP contribution is 2.28. The number of alkyl carbamates (subject to hydrolysis) is 1. The van der Waals surface area contributed by atoms with Crippen molar-refractivity contribution in [3.8, 4) is 0 Å². The van der Waals surface area contributed by atoms with Crippen LogP contribution in [-0.2, 0) is 21.7 Å². The molecule has 0 saturated carbocycles. The summed E-state index contributed by atoms with van der Waals surface area (Å²) in [5, 5.41) is 11.9. The number of benzene rings is 2. The summed E-state index contributed by atoms with van der Waals surface area (Å²) < 4.78 is 19.1. The van der Waals surface area contributed by atoms with E-state index in [0.717, 1.165) is 11.6 Å². The minimum absolute atomic E-state index is 0.0106. The van der Waals surface area contributed by atoms with Crippen LogP contribution in [0.3, 0.4) is 0 Å². The molecule has 0 heterocycles. The highest BCUT2D eigenvalue weighted by atomic mass is 19.1. The molecule has 0 aliphatic rings. The molecule has 2 aromatic rings. The van der Waals surface area contributed by atoms with Gasteiger partial charge >= 0.3 is 12.1 Å². The lowest BCUT2D eigenvalue weighted by Crippen LogP contribution is -2.52. The van der Waals surface area contributed by atoms with E-state index in [1.54, 1.807) is 31.2 Å². The number of aliphatic carboxylic acids is 1. The van der Waals surface area contributed by atoms with Crippen molar-refractivity contribution < 1.29 is 23.8 Å². The predicted octanol–water partition coefficient (Wildman–Crippen LogP) is 3.44. The van der Waals surface area contributed by atoms with Gasteiger partial charge in [-0.2, -0.15) is 0 Å². The SMILES string of the molecule is CCC(NC(=O)OCc1ccccc1)(C(=O)O)c1ccccc1F. The van der Waals surface area contributed by atoms with Crippen LogP contribution in [-0.4, -0.2) is 17.2 Å². The molecule has 0 aliphatic carbocycles. The van der Waals surface area contributed by atoms with E-state index in [2.05, 4.69) is 5.32 Å². The summed E-state index contributed by atoms with van der Waals surface area (Å²) in [6.07, 6.45) is -0.963. The average Bonchev–Trinajstić information content (AvgIpc) is 2.59. The molecule has 1 amide bonds. The number of rotatable bonds is 6. The molecular weight excluding hydrogens is 313 g/mol. The normalized spacial score (nSPS) is 12.9. The van der Waals surface area contributed by atoms with Crippen molar-refractivity contribution in [2.24, 2.45) is 0 Å². The maximum Gasteiger partial charge on any atom is 0.408 e. The second kappa shape index (κ2) is 7.59. The van der Waals surface area contributed by atoms with Gasteiger partial charge in [0.25, 0.3) is 0 Å². The Morgan fingerprint density at radius 3 is 2.33 bits per heavy atom. The van der Waals surface area contributed by atoms with Gasteiger partial charge in [-0.05, 0) is 18.1 Å². The third kappa shape index (κ3) is 3.71. The van der Waals surface area contributed by atoms with Crippen molar-refractivity contribution in [2.45, 2.75) is 25.5 Å². The van der Waals surface area contributed by atoms with E-state index < -0.39 is 23.4 Å². The molecule has 2 rings (SSSR count). The Hall–Kier alpha value is -2.89. The fourth-order valence-corrected chi connectivity index (χ4v) is 2.41. The topological polar surface area (TPSA) is 75.6 Å². The van der Waals surface area contributed by atoms with Crippen LogP contribution >= 0.6 is 0 Å². The molecule has 5 nitrogen and oxygen atoms in total. The van der Waals surface area contributed by atoms with Crippen molar-refractivity contribution in [2.75, 3.05) is 0 Å². The zero-order valence-corrected chi connectivity index (χ0v) is 13.2. The van der Waals surface area contributed by atoms with E-state index in [1.807, 2.05) is 6.07 Å². The minimum atomic E-state index is -1.89. The zero-order chi connectivity index (χ0) is 17.6. The predicted molar refractivity (Wildman–Crippen MR) is 85.8 cm³/mol. The molecular formula is C18H18FNO4. The monoisotopic (exact) mass is 331 g/mol. The van der Waals surface area contributed by atoms with Gasteiger partial charge in [0.15, 0.2) is 5.54 Å². The number of ether oxygens (including phenoxy) is 1. The Balaban J connectivity index is 2.19. The Kier molecular flexibility index (Phi) is 5.52. The maximum atomic E-state index is 14.1. The first-order valence-corrected chi connectivity index (χ1v) is 7.47. The third-order valence-corrected chi connectivity index (χ3v) is 3.76. The number of carboxylic acids is 1. The summed E-state index contributed by atoms with van der Waals surface area (Å²) in [5.74, 6) is -2.06. The standard InChI is InChI=1S/C18H18FNO4/c1-2-18(16(21)22,14-10-6-7-11-15(14)19)20-17(23)24-12-13-8-4-3-5-9-13/h3-11H,2,12H2,1H3,(H,20,23)(H,21,22). The highest BCUT2D eigenvalue weighted by molar-refractivity contribution is 5.85. The third-order valence-electron chi connectivity index (χ3n) is 3.76. The number of hydrogen-bond donors (Lipinski definition) is 2.